The molecule has 0 unspecified atom stereocenters. The van der Waals surface area contributed by atoms with E-state index in [0.29, 0.717) is 5.56 Å². The van der Waals surface area contributed by atoms with E-state index in [1.165, 1.54) is 6.08 Å². The molecule has 1 N–H and O–H groups in total. The minimum atomic E-state index is -0.0480. The number of benzene rings is 2. The molecule has 0 amide bonds. The molecule has 0 bridgehead atoms. The van der Waals surface area contributed by atoms with E-state index in [4.69, 9.17) is 0 Å². The van der Waals surface area contributed by atoms with Crippen LogP contribution < -0.4 is 5.32 Å². The number of carbonyl (C=O) groups excluding carboxylic acids is 1. The third-order valence-electron chi connectivity index (χ3n) is 3.24. The van der Waals surface area contributed by atoms with E-state index < -0.39 is 0 Å². The second-order valence-electron chi connectivity index (χ2n) is 4.73. The van der Waals surface area contributed by atoms with E-state index in [0.717, 1.165) is 21.1 Å². The molecule has 3 rings (SSSR count). The molecule has 0 spiro atoms. The van der Waals surface area contributed by atoms with Gasteiger partial charge in [0.2, 0.25) is 0 Å². The normalized spacial score (nSPS) is 11.0. The smallest absolute Gasteiger partial charge is 0.187 e. The molecule has 3 aromatic rings. The summed E-state index contributed by atoms with van der Waals surface area (Å²) in [5, 5.41) is 4.18. The average molecular weight is 353 g/mol. The first-order valence-electron chi connectivity index (χ1n) is 6.81. The average Bonchev–Trinajstić information content (AvgIpc) is 2.55. The number of fused-ring (bicyclic) bond motifs is 1. The third kappa shape index (κ3) is 3.23. The van der Waals surface area contributed by atoms with Crippen molar-refractivity contribution in [1.82, 2.24) is 4.98 Å². The van der Waals surface area contributed by atoms with Gasteiger partial charge in [-0.05, 0) is 36.4 Å². The number of pyridine rings is 1. The van der Waals surface area contributed by atoms with Crippen molar-refractivity contribution in [3.8, 4) is 0 Å². The number of nitrogens with zero attached hydrogens (tertiary/aromatic N) is 1. The van der Waals surface area contributed by atoms with Gasteiger partial charge in [-0.15, -0.1) is 0 Å². The first-order chi connectivity index (χ1) is 10.7. The van der Waals surface area contributed by atoms with Crippen LogP contribution in [0.4, 0.5) is 5.69 Å². The molecular formula is C18H13BrN2O. The summed E-state index contributed by atoms with van der Waals surface area (Å²) in [5.41, 5.74) is 2.40. The van der Waals surface area contributed by atoms with E-state index in [-0.39, 0.29) is 5.78 Å². The lowest BCUT2D eigenvalue weighted by atomic mass is 10.1. The fraction of sp³-hybridized carbons (Fsp3) is 0. The molecule has 1 heterocycles. The van der Waals surface area contributed by atoms with Crippen LogP contribution in [0.3, 0.4) is 0 Å². The number of nitrogens with one attached hydrogen (secondary N) is 1. The zero-order valence-electron chi connectivity index (χ0n) is 11.7. The molecule has 0 aliphatic rings. The van der Waals surface area contributed by atoms with Gasteiger partial charge in [0.1, 0.15) is 0 Å². The summed E-state index contributed by atoms with van der Waals surface area (Å²) in [6.07, 6.45) is 4.92. The first-order valence-corrected chi connectivity index (χ1v) is 7.60. The second kappa shape index (κ2) is 6.54. The van der Waals surface area contributed by atoms with Gasteiger partial charge in [0.15, 0.2) is 5.78 Å². The molecule has 0 fully saturated rings. The van der Waals surface area contributed by atoms with Gasteiger partial charge in [-0.25, -0.2) is 0 Å². The summed E-state index contributed by atoms with van der Waals surface area (Å²) in [7, 11) is 0. The molecular weight excluding hydrogens is 340 g/mol. The summed E-state index contributed by atoms with van der Waals surface area (Å²) in [6, 6.07) is 17.1. The van der Waals surface area contributed by atoms with Crippen molar-refractivity contribution in [2.75, 3.05) is 5.32 Å². The van der Waals surface area contributed by atoms with E-state index in [9.17, 15) is 4.79 Å². The van der Waals surface area contributed by atoms with E-state index in [1.54, 1.807) is 24.5 Å². The van der Waals surface area contributed by atoms with Gasteiger partial charge < -0.3 is 5.32 Å². The minimum Gasteiger partial charge on any atom is -0.360 e. The Bertz CT molecular complexity index is 836. The van der Waals surface area contributed by atoms with Crippen molar-refractivity contribution < 1.29 is 4.79 Å². The van der Waals surface area contributed by atoms with Crippen molar-refractivity contribution in [1.29, 1.82) is 0 Å². The molecule has 0 aliphatic carbocycles. The summed E-state index contributed by atoms with van der Waals surface area (Å²) >= 11 is 3.35. The summed E-state index contributed by atoms with van der Waals surface area (Å²) in [6.45, 7) is 0. The maximum absolute atomic E-state index is 12.1. The summed E-state index contributed by atoms with van der Waals surface area (Å²) in [4.78, 5) is 16.4. The SMILES string of the molecule is O=C(/C=C/Nc1cccc2cccnc12)c1ccc(Br)cc1. The number of hydrogen-bond donors (Lipinski definition) is 1. The van der Waals surface area contributed by atoms with Crippen LogP contribution in [-0.4, -0.2) is 10.8 Å². The Balaban J connectivity index is 1.76. The monoisotopic (exact) mass is 352 g/mol. The molecule has 0 saturated heterocycles. The number of anilines is 1. The van der Waals surface area contributed by atoms with Gasteiger partial charge in [0.25, 0.3) is 0 Å². The zero-order chi connectivity index (χ0) is 15.4. The lowest BCUT2D eigenvalue weighted by molar-refractivity contribution is 0.104. The Morgan fingerprint density at radius 1 is 1.05 bits per heavy atom. The molecule has 2 aromatic carbocycles. The number of halogens is 1. The first kappa shape index (κ1) is 14.5. The Labute approximate surface area is 136 Å². The van der Waals surface area contributed by atoms with Crippen LogP contribution in [0.25, 0.3) is 10.9 Å². The number of hydrogen-bond acceptors (Lipinski definition) is 3. The van der Waals surface area contributed by atoms with E-state index in [2.05, 4.69) is 26.2 Å². The Hall–Kier alpha value is -2.46. The highest BCUT2D eigenvalue weighted by Gasteiger charge is 2.02. The summed E-state index contributed by atoms with van der Waals surface area (Å²) < 4.78 is 0.952. The van der Waals surface area contributed by atoms with Gasteiger partial charge in [-0.3, -0.25) is 9.78 Å². The zero-order valence-corrected chi connectivity index (χ0v) is 13.2. The van der Waals surface area contributed by atoms with Gasteiger partial charge in [-0.2, -0.15) is 0 Å². The van der Waals surface area contributed by atoms with Crippen LogP contribution in [-0.2, 0) is 0 Å². The standard InChI is InChI=1S/C18H13BrN2O/c19-15-8-6-13(7-9-15)17(22)10-12-20-16-5-1-3-14-4-2-11-21-18(14)16/h1-12,20H/b12-10+. The van der Waals surface area contributed by atoms with Crippen molar-refractivity contribution in [3.05, 3.63) is 83.1 Å². The van der Waals surface area contributed by atoms with Crippen LogP contribution in [0.5, 0.6) is 0 Å². The quantitative estimate of drug-likeness (QED) is 0.541. The molecule has 3 nitrogen and oxygen atoms in total. The summed E-state index contributed by atoms with van der Waals surface area (Å²) in [5.74, 6) is -0.0480. The molecule has 22 heavy (non-hydrogen) atoms. The third-order valence-corrected chi connectivity index (χ3v) is 3.76. The van der Waals surface area contributed by atoms with Crippen LogP contribution >= 0.6 is 15.9 Å². The maximum atomic E-state index is 12.1. The van der Waals surface area contributed by atoms with Crippen LogP contribution in [0.2, 0.25) is 0 Å². The minimum absolute atomic E-state index is 0.0480. The molecule has 0 saturated carbocycles. The number of allylic oxidation sites excluding steroid dienone is 1. The molecule has 4 heteroatoms. The van der Waals surface area contributed by atoms with Gasteiger partial charge in [-0.1, -0.05) is 34.1 Å². The fourth-order valence-electron chi connectivity index (χ4n) is 2.14. The van der Waals surface area contributed by atoms with Crippen LogP contribution in [0.1, 0.15) is 10.4 Å². The number of carbonyl (C=O) groups is 1. The largest absolute Gasteiger partial charge is 0.360 e. The molecule has 1 aromatic heterocycles. The van der Waals surface area contributed by atoms with Crippen molar-refractivity contribution >= 4 is 38.3 Å². The predicted molar refractivity (Wildman–Crippen MR) is 93.0 cm³/mol. The number of para-hydroxylation sites is 1. The van der Waals surface area contributed by atoms with Gasteiger partial charge in [0.05, 0.1) is 11.2 Å². The Morgan fingerprint density at radius 2 is 1.82 bits per heavy atom. The fourth-order valence-corrected chi connectivity index (χ4v) is 2.40. The second-order valence-corrected chi connectivity index (χ2v) is 5.65. The van der Waals surface area contributed by atoms with Gasteiger partial charge in [0, 0.05) is 33.9 Å². The molecule has 0 atom stereocenters. The van der Waals surface area contributed by atoms with Crippen LogP contribution in [0, 0.1) is 0 Å². The lowest BCUT2D eigenvalue weighted by Gasteiger charge is -2.04. The molecule has 108 valence electrons. The van der Waals surface area contributed by atoms with Crippen molar-refractivity contribution in [2.45, 2.75) is 0 Å². The predicted octanol–water partition coefficient (Wildman–Crippen LogP) is 4.81. The number of rotatable bonds is 4. The lowest BCUT2D eigenvalue weighted by Crippen LogP contribution is -1.96. The molecule has 0 radical (unpaired) electrons. The van der Waals surface area contributed by atoms with Crippen LogP contribution in [0.15, 0.2) is 77.5 Å². The number of ketones is 1. The number of aromatic nitrogens is 1. The van der Waals surface area contributed by atoms with Gasteiger partial charge >= 0.3 is 0 Å². The highest BCUT2D eigenvalue weighted by Crippen LogP contribution is 2.20. The van der Waals surface area contributed by atoms with Crippen molar-refractivity contribution in [2.24, 2.45) is 0 Å². The highest BCUT2D eigenvalue weighted by molar-refractivity contribution is 9.10. The maximum Gasteiger partial charge on any atom is 0.187 e. The molecule has 0 aliphatic heterocycles. The topological polar surface area (TPSA) is 42.0 Å². The Kier molecular flexibility index (Phi) is 4.30. The Morgan fingerprint density at radius 3 is 2.64 bits per heavy atom. The highest BCUT2D eigenvalue weighted by atomic mass is 79.9. The van der Waals surface area contributed by atoms with E-state index in [1.807, 2.05) is 42.5 Å². The van der Waals surface area contributed by atoms with E-state index >= 15 is 0 Å². The van der Waals surface area contributed by atoms with Crippen molar-refractivity contribution in [3.63, 3.8) is 0 Å².